The van der Waals surface area contributed by atoms with Crippen molar-refractivity contribution in [2.24, 2.45) is 0 Å². The van der Waals surface area contributed by atoms with E-state index in [1.165, 1.54) is 16.2 Å². The van der Waals surface area contributed by atoms with Crippen LogP contribution in [0.1, 0.15) is 10.4 Å². The van der Waals surface area contributed by atoms with E-state index in [-0.39, 0.29) is 18.4 Å². The number of carbonyl (C=O) groups excluding carboxylic acids is 2. The van der Waals surface area contributed by atoms with Crippen LogP contribution in [0.3, 0.4) is 0 Å². The summed E-state index contributed by atoms with van der Waals surface area (Å²) in [6, 6.07) is 8.99. The number of amides is 2. The molecule has 2 aliphatic heterocycles. The zero-order valence-electron chi connectivity index (χ0n) is 16.1. The number of piperazine rings is 1. The maximum absolute atomic E-state index is 13.4. The van der Waals surface area contributed by atoms with Gasteiger partial charge in [0.1, 0.15) is 5.70 Å². The fourth-order valence-corrected chi connectivity index (χ4v) is 4.68. The summed E-state index contributed by atoms with van der Waals surface area (Å²) in [5.74, 6) is -0.626. The number of aryl methyl sites for hydroxylation is 1. The second-order valence-electron chi connectivity index (χ2n) is 7.13. The van der Waals surface area contributed by atoms with Crippen LogP contribution in [0.4, 0.5) is 5.69 Å². The average molecular weight is 432 g/mol. The second-order valence-corrected chi connectivity index (χ2v) is 8.49. The van der Waals surface area contributed by atoms with Crippen LogP contribution in [0, 0.1) is 6.92 Å². The highest BCUT2D eigenvalue weighted by Crippen LogP contribution is 2.37. The van der Waals surface area contributed by atoms with Crippen LogP contribution >= 0.6 is 22.9 Å². The third kappa shape index (κ3) is 3.71. The molecule has 1 aromatic heterocycles. The number of halogens is 1. The first-order chi connectivity index (χ1) is 14.0. The number of aliphatic hydroxyl groups excluding tert-OH is 1. The van der Waals surface area contributed by atoms with E-state index in [4.69, 9.17) is 16.7 Å². The molecule has 0 bridgehead atoms. The molecular weight excluding hydrogens is 410 g/mol. The minimum Gasteiger partial charge on any atom is -0.395 e. The van der Waals surface area contributed by atoms with Gasteiger partial charge in [0, 0.05) is 42.6 Å². The molecule has 6 nitrogen and oxygen atoms in total. The number of anilines is 1. The number of imide groups is 1. The summed E-state index contributed by atoms with van der Waals surface area (Å²) in [6.07, 6.45) is 0. The molecule has 1 fully saturated rings. The largest absolute Gasteiger partial charge is 0.395 e. The predicted molar refractivity (Wildman–Crippen MR) is 115 cm³/mol. The Morgan fingerprint density at radius 2 is 1.86 bits per heavy atom. The van der Waals surface area contributed by atoms with Crippen molar-refractivity contribution in [1.29, 1.82) is 0 Å². The molecule has 1 aromatic carbocycles. The molecule has 152 valence electrons. The first-order valence-electron chi connectivity index (χ1n) is 9.52. The maximum atomic E-state index is 13.4. The van der Waals surface area contributed by atoms with E-state index < -0.39 is 0 Å². The molecule has 0 aliphatic carbocycles. The SMILES string of the molecule is Cc1ccc(N2C(=O)C(c3cccs3)=C(N3CCN(CCO)CC3)C2=O)cc1Cl. The number of β-amino-alcohol motifs (C(OH)–C–C–N with tert-alkyl or cyclic N) is 1. The van der Waals surface area contributed by atoms with Crippen molar-refractivity contribution in [1.82, 2.24) is 9.80 Å². The van der Waals surface area contributed by atoms with Crippen molar-refractivity contribution in [3.05, 3.63) is 56.9 Å². The van der Waals surface area contributed by atoms with Gasteiger partial charge in [0.2, 0.25) is 0 Å². The Hall–Kier alpha value is -2.19. The molecule has 1 saturated heterocycles. The number of hydrogen-bond donors (Lipinski definition) is 1. The van der Waals surface area contributed by atoms with Gasteiger partial charge in [0.15, 0.2) is 0 Å². The molecule has 1 N–H and O–H groups in total. The number of thiophene rings is 1. The van der Waals surface area contributed by atoms with E-state index in [0.717, 1.165) is 23.5 Å². The minimum absolute atomic E-state index is 0.114. The molecule has 2 aliphatic rings. The van der Waals surface area contributed by atoms with Crippen molar-refractivity contribution in [3.8, 4) is 0 Å². The van der Waals surface area contributed by atoms with Gasteiger partial charge in [-0.2, -0.15) is 0 Å². The lowest BCUT2D eigenvalue weighted by Gasteiger charge is -2.36. The normalized spacial score (nSPS) is 18.3. The first kappa shape index (κ1) is 20.1. The lowest BCUT2D eigenvalue weighted by Crippen LogP contribution is -2.48. The van der Waals surface area contributed by atoms with Crippen LogP contribution in [0.25, 0.3) is 5.57 Å². The minimum atomic E-state index is -0.315. The van der Waals surface area contributed by atoms with Crippen LogP contribution in [0.2, 0.25) is 5.02 Å². The third-order valence-electron chi connectivity index (χ3n) is 5.35. The molecule has 29 heavy (non-hydrogen) atoms. The number of benzene rings is 1. The summed E-state index contributed by atoms with van der Waals surface area (Å²) in [5, 5.41) is 11.6. The van der Waals surface area contributed by atoms with Crippen LogP contribution < -0.4 is 4.90 Å². The number of carbonyl (C=O) groups is 2. The van der Waals surface area contributed by atoms with E-state index in [2.05, 4.69) is 4.90 Å². The van der Waals surface area contributed by atoms with Crippen molar-refractivity contribution in [2.75, 3.05) is 44.2 Å². The van der Waals surface area contributed by atoms with E-state index in [0.29, 0.717) is 41.6 Å². The lowest BCUT2D eigenvalue weighted by atomic mass is 10.1. The highest BCUT2D eigenvalue weighted by molar-refractivity contribution is 7.11. The molecule has 0 saturated carbocycles. The zero-order valence-corrected chi connectivity index (χ0v) is 17.7. The summed E-state index contributed by atoms with van der Waals surface area (Å²) in [5.41, 5.74) is 2.29. The first-order valence-corrected chi connectivity index (χ1v) is 10.8. The summed E-state index contributed by atoms with van der Waals surface area (Å²) in [6.45, 7) is 5.34. The van der Waals surface area contributed by atoms with Gasteiger partial charge in [-0.05, 0) is 36.1 Å². The van der Waals surface area contributed by atoms with E-state index >= 15 is 0 Å². The highest BCUT2D eigenvalue weighted by atomic mass is 35.5. The molecule has 8 heteroatoms. The molecule has 3 heterocycles. The second kappa shape index (κ2) is 8.28. The van der Waals surface area contributed by atoms with Crippen molar-refractivity contribution >= 4 is 46.0 Å². The number of nitrogens with zero attached hydrogens (tertiary/aromatic N) is 3. The molecule has 0 spiro atoms. The molecule has 0 atom stereocenters. The van der Waals surface area contributed by atoms with Crippen molar-refractivity contribution < 1.29 is 14.7 Å². The maximum Gasteiger partial charge on any atom is 0.282 e. The molecule has 0 unspecified atom stereocenters. The Labute approximate surface area is 178 Å². The van der Waals surface area contributed by atoms with Gasteiger partial charge >= 0.3 is 0 Å². The molecule has 2 aromatic rings. The standard InChI is InChI=1S/C21H22ClN3O3S/c1-14-4-5-15(13-16(14)22)25-20(27)18(17-3-2-12-29-17)19(21(25)28)24-8-6-23(7-9-24)10-11-26/h2-5,12-13,26H,6-11H2,1H3. The Morgan fingerprint density at radius 1 is 1.10 bits per heavy atom. The zero-order chi connectivity index (χ0) is 20.5. The van der Waals surface area contributed by atoms with Crippen LogP contribution in [-0.2, 0) is 9.59 Å². The van der Waals surface area contributed by atoms with Crippen molar-refractivity contribution in [2.45, 2.75) is 6.92 Å². The summed E-state index contributed by atoms with van der Waals surface area (Å²) >= 11 is 7.71. The monoisotopic (exact) mass is 431 g/mol. The fraction of sp³-hybridized carbons (Fsp3) is 0.333. The van der Waals surface area contributed by atoms with Gasteiger partial charge in [-0.15, -0.1) is 11.3 Å². The molecule has 0 radical (unpaired) electrons. The van der Waals surface area contributed by atoms with Crippen LogP contribution in [0.5, 0.6) is 0 Å². The number of rotatable bonds is 5. The van der Waals surface area contributed by atoms with Crippen LogP contribution in [0.15, 0.2) is 41.4 Å². The van der Waals surface area contributed by atoms with Gasteiger partial charge < -0.3 is 10.0 Å². The third-order valence-corrected chi connectivity index (χ3v) is 6.64. The van der Waals surface area contributed by atoms with E-state index in [1.54, 1.807) is 12.1 Å². The summed E-state index contributed by atoms with van der Waals surface area (Å²) in [7, 11) is 0. The molecule has 4 rings (SSSR count). The van der Waals surface area contributed by atoms with Gasteiger partial charge in [0.25, 0.3) is 11.8 Å². The van der Waals surface area contributed by atoms with Gasteiger partial charge in [-0.3, -0.25) is 14.5 Å². The Kier molecular flexibility index (Phi) is 5.74. The molecular formula is C21H22ClN3O3S. The molecule has 2 amide bonds. The van der Waals surface area contributed by atoms with Crippen LogP contribution in [-0.4, -0.2) is 66.1 Å². The highest BCUT2D eigenvalue weighted by Gasteiger charge is 2.43. The smallest absolute Gasteiger partial charge is 0.282 e. The van der Waals surface area contributed by atoms with Gasteiger partial charge in [-0.25, -0.2) is 4.90 Å². The van der Waals surface area contributed by atoms with Crippen molar-refractivity contribution in [3.63, 3.8) is 0 Å². The Balaban J connectivity index is 1.71. The lowest BCUT2D eigenvalue weighted by molar-refractivity contribution is -0.120. The quantitative estimate of drug-likeness (QED) is 0.737. The Morgan fingerprint density at radius 3 is 2.48 bits per heavy atom. The summed E-state index contributed by atoms with van der Waals surface area (Å²) < 4.78 is 0. The fourth-order valence-electron chi connectivity index (χ4n) is 3.75. The topological polar surface area (TPSA) is 64.1 Å². The summed E-state index contributed by atoms with van der Waals surface area (Å²) in [4.78, 5) is 33.0. The van der Waals surface area contributed by atoms with Gasteiger partial charge in [0.05, 0.1) is 17.9 Å². The predicted octanol–water partition coefficient (Wildman–Crippen LogP) is 2.60. The van der Waals surface area contributed by atoms with E-state index in [9.17, 15) is 9.59 Å². The van der Waals surface area contributed by atoms with E-state index in [1.807, 2.05) is 35.4 Å². The van der Waals surface area contributed by atoms with Gasteiger partial charge in [-0.1, -0.05) is 23.7 Å². The number of aliphatic hydroxyl groups is 1. The average Bonchev–Trinajstić information content (AvgIpc) is 3.31. The number of hydrogen-bond acceptors (Lipinski definition) is 6. The Bertz CT molecular complexity index is 966.